The molecule has 8 heteroatoms. The van der Waals surface area contributed by atoms with E-state index < -0.39 is 0 Å². The molecule has 0 saturated heterocycles. The second-order valence-electron chi connectivity index (χ2n) is 4.59. The van der Waals surface area contributed by atoms with Gasteiger partial charge in [0.2, 0.25) is 5.95 Å². The second-order valence-corrected chi connectivity index (χ2v) is 4.59. The molecule has 2 aromatic heterocycles. The number of hydrogen-bond donors (Lipinski definition) is 1. The number of hydrogen-bond acceptors (Lipinski definition) is 6. The average Bonchev–Trinajstić information content (AvgIpc) is 3.02. The Labute approximate surface area is 121 Å². The van der Waals surface area contributed by atoms with Gasteiger partial charge in [-0.15, -0.1) is 0 Å². The lowest BCUT2D eigenvalue weighted by molar-refractivity contribution is 0.355. The van der Waals surface area contributed by atoms with Crippen LogP contribution in [0, 0.1) is 0 Å². The van der Waals surface area contributed by atoms with Gasteiger partial charge in [-0.3, -0.25) is 4.68 Å². The summed E-state index contributed by atoms with van der Waals surface area (Å²) in [6.07, 6.45) is 1.65. The molecule has 0 aliphatic carbocycles. The van der Waals surface area contributed by atoms with E-state index in [2.05, 4.69) is 15.1 Å². The number of imidazole rings is 1. The van der Waals surface area contributed by atoms with Crippen LogP contribution in [0.5, 0.6) is 11.5 Å². The van der Waals surface area contributed by atoms with Crippen molar-refractivity contribution in [2.45, 2.75) is 6.54 Å². The third-order valence-electron chi connectivity index (χ3n) is 3.23. The molecule has 21 heavy (non-hydrogen) atoms. The molecule has 2 N–H and O–H groups in total. The number of fused-ring (bicyclic) bond motifs is 1. The molecule has 0 atom stereocenters. The van der Waals surface area contributed by atoms with Crippen molar-refractivity contribution >= 4 is 17.0 Å². The molecule has 3 aromatic rings. The van der Waals surface area contributed by atoms with Crippen LogP contribution in [0.2, 0.25) is 0 Å². The summed E-state index contributed by atoms with van der Waals surface area (Å²) in [5.41, 5.74) is 7.58. The van der Waals surface area contributed by atoms with Crippen LogP contribution in [0.3, 0.4) is 0 Å². The minimum Gasteiger partial charge on any atom is -0.493 e. The molecule has 0 spiro atoms. The second kappa shape index (κ2) is 4.97. The minimum atomic E-state index is 0.396. The summed E-state index contributed by atoms with van der Waals surface area (Å²) < 4.78 is 14.1. The molecule has 0 amide bonds. The van der Waals surface area contributed by atoms with Gasteiger partial charge in [0, 0.05) is 19.2 Å². The molecule has 0 saturated carbocycles. The third-order valence-corrected chi connectivity index (χ3v) is 3.23. The maximum Gasteiger partial charge on any atom is 0.201 e. The van der Waals surface area contributed by atoms with Crippen LogP contribution in [0.1, 0.15) is 5.82 Å². The van der Waals surface area contributed by atoms with Gasteiger partial charge in [0.15, 0.2) is 17.3 Å². The molecular weight excluding hydrogens is 272 g/mol. The van der Waals surface area contributed by atoms with Crippen molar-refractivity contribution in [3.05, 3.63) is 24.3 Å². The van der Waals surface area contributed by atoms with Gasteiger partial charge < -0.3 is 19.8 Å². The van der Waals surface area contributed by atoms with Crippen molar-refractivity contribution in [2.75, 3.05) is 20.0 Å². The number of rotatable bonds is 4. The Morgan fingerprint density at radius 2 is 1.90 bits per heavy atom. The van der Waals surface area contributed by atoms with E-state index in [-0.39, 0.29) is 0 Å². The molecule has 0 radical (unpaired) electrons. The van der Waals surface area contributed by atoms with Crippen LogP contribution in [0.4, 0.5) is 5.95 Å². The Morgan fingerprint density at radius 1 is 1.19 bits per heavy atom. The third kappa shape index (κ3) is 2.24. The number of anilines is 1. The fourth-order valence-corrected chi connectivity index (χ4v) is 2.23. The Kier molecular flexibility index (Phi) is 3.13. The highest BCUT2D eigenvalue weighted by atomic mass is 16.5. The average molecular weight is 288 g/mol. The number of aryl methyl sites for hydroxylation is 1. The lowest BCUT2D eigenvalue weighted by Gasteiger charge is -2.08. The molecule has 2 heterocycles. The zero-order valence-corrected chi connectivity index (χ0v) is 12.1. The minimum absolute atomic E-state index is 0.396. The molecule has 110 valence electrons. The Balaban J connectivity index is 2.11. The topological polar surface area (TPSA) is 93.0 Å². The van der Waals surface area contributed by atoms with Gasteiger partial charge in [-0.05, 0) is 0 Å². The van der Waals surface area contributed by atoms with E-state index in [9.17, 15) is 0 Å². The fraction of sp³-hybridized carbons (Fsp3) is 0.308. The summed E-state index contributed by atoms with van der Waals surface area (Å²) in [6.45, 7) is 0.443. The quantitative estimate of drug-likeness (QED) is 0.763. The van der Waals surface area contributed by atoms with Gasteiger partial charge in [0.05, 0.1) is 31.8 Å². The first-order chi connectivity index (χ1) is 10.1. The van der Waals surface area contributed by atoms with Crippen molar-refractivity contribution in [1.29, 1.82) is 0 Å². The van der Waals surface area contributed by atoms with E-state index in [1.807, 2.05) is 17.7 Å². The first-order valence-corrected chi connectivity index (χ1v) is 6.34. The highest BCUT2D eigenvalue weighted by Gasteiger charge is 2.14. The van der Waals surface area contributed by atoms with E-state index in [0.29, 0.717) is 29.8 Å². The lowest BCUT2D eigenvalue weighted by Crippen LogP contribution is -2.06. The van der Waals surface area contributed by atoms with Crippen LogP contribution in [-0.2, 0) is 13.6 Å². The molecule has 0 unspecified atom stereocenters. The monoisotopic (exact) mass is 288 g/mol. The van der Waals surface area contributed by atoms with Crippen molar-refractivity contribution < 1.29 is 9.47 Å². The Bertz CT molecular complexity index is 791. The molecule has 0 bridgehead atoms. The van der Waals surface area contributed by atoms with Gasteiger partial charge in [-0.2, -0.15) is 5.10 Å². The normalized spacial score (nSPS) is 11.0. The molecule has 1 aromatic carbocycles. The first kappa shape index (κ1) is 13.2. The smallest absolute Gasteiger partial charge is 0.201 e. The predicted octanol–water partition coefficient (Wildman–Crippen LogP) is 0.812. The van der Waals surface area contributed by atoms with Gasteiger partial charge in [-0.1, -0.05) is 0 Å². The van der Waals surface area contributed by atoms with E-state index in [0.717, 1.165) is 11.0 Å². The largest absolute Gasteiger partial charge is 0.493 e. The number of methoxy groups -OCH3 is 2. The SMILES string of the molecule is COc1cc2nc(N)n(Cc3ncn(C)n3)c2cc1OC. The maximum absolute atomic E-state index is 6.00. The van der Waals surface area contributed by atoms with Gasteiger partial charge in [0.1, 0.15) is 6.33 Å². The Hall–Kier alpha value is -2.77. The summed E-state index contributed by atoms with van der Waals surface area (Å²) in [7, 11) is 5.00. The summed E-state index contributed by atoms with van der Waals surface area (Å²) in [5.74, 6) is 2.30. The summed E-state index contributed by atoms with van der Waals surface area (Å²) in [5, 5.41) is 4.26. The number of aromatic nitrogens is 5. The standard InChI is InChI=1S/C13H16N6O2/c1-18-7-15-12(17-18)6-19-9-5-11(21-3)10(20-2)4-8(9)16-13(19)14/h4-5,7H,6H2,1-3H3,(H2,14,16). The van der Waals surface area contributed by atoms with Crippen molar-refractivity contribution in [3.63, 3.8) is 0 Å². The number of nitrogens with zero attached hydrogens (tertiary/aromatic N) is 5. The van der Waals surface area contributed by atoms with E-state index in [4.69, 9.17) is 15.2 Å². The van der Waals surface area contributed by atoms with E-state index >= 15 is 0 Å². The molecular formula is C13H16N6O2. The molecule has 0 aliphatic heterocycles. The summed E-state index contributed by atoms with van der Waals surface area (Å²) in [4.78, 5) is 8.55. The highest BCUT2D eigenvalue weighted by molar-refractivity contribution is 5.82. The number of ether oxygens (including phenoxy) is 2. The molecule has 8 nitrogen and oxygen atoms in total. The van der Waals surface area contributed by atoms with Crippen LogP contribution in [-0.4, -0.2) is 38.5 Å². The van der Waals surface area contributed by atoms with Gasteiger partial charge in [-0.25, -0.2) is 9.97 Å². The van der Waals surface area contributed by atoms with E-state index in [1.54, 1.807) is 31.3 Å². The number of nitrogen functional groups attached to an aromatic ring is 1. The highest BCUT2D eigenvalue weighted by Crippen LogP contribution is 2.33. The zero-order valence-electron chi connectivity index (χ0n) is 12.1. The maximum atomic E-state index is 6.00. The van der Waals surface area contributed by atoms with Gasteiger partial charge >= 0.3 is 0 Å². The van der Waals surface area contributed by atoms with E-state index in [1.165, 1.54) is 0 Å². The molecule has 0 fully saturated rings. The zero-order chi connectivity index (χ0) is 15.0. The van der Waals surface area contributed by atoms with Crippen molar-refractivity contribution in [1.82, 2.24) is 24.3 Å². The van der Waals surface area contributed by atoms with Crippen molar-refractivity contribution in [2.24, 2.45) is 7.05 Å². The van der Waals surface area contributed by atoms with Crippen LogP contribution >= 0.6 is 0 Å². The first-order valence-electron chi connectivity index (χ1n) is 6.34. The summed E-state index contributed by atoms with van der Waals surface area (Å²) >= 11 is 0. The van der Waals surface area contributed by atoms with Crippen molar-refractivity contribution in [3.8, 4) is 11.5 Å². The predicted molar refractivity (Wildman–Crippen MR) is 77.4 cm³/mol. The van der Waals surface area contributed by atoms with Crippen LogP contribution in [0.25, 0.3) is 11.0 Å². The van der Waals surface area contributed by atoms with Gasteiger partial charge in [0.25, 0.3) is 0 Å². The summed E-state index contributed by atoms with van der Waals surface area (Å²) in [6, 6.07) is 3.65. The van der Waals surface area contributed by atoms with Crippen LogP contribution < -0.4 is 15.2 Å². The number of benzene rings is 1. The fourth-order valence-electron chi connectivity index (χ4n) is 2.23. The van der Waals surface area contributed by atoms with Crippen LogP contribution in [0.15, 0.2) is 18.5 Å². The molecule has 0 aliphatic rings. The molecule has 3 rings (SSSR count). The Morgan fingerprint density at radius 3 is 2.52 bits per heavy atom. The lowest BCUT2D eigenvalue weighted by atomic mass is 10.2. The number of nitrogens with two attached hydrogens (primary N) is 1.